The number of anilines is 1. The lowest BCUT2D eigenvalue weighted by molar-refractivity contribution is -0.140. The second-order valence-corrected chi connectivity index (χ2v) is 8.01. The third-order valence-corrected chi connectivity index (χ3v) is 5.35. The molecule has 0 radical (unpaired) electrons. The summed E-state index contributed by atoms with van der Waals surface area (Å²) in [7, 11) is 0. The molecule has 182 valence electrons. The Labute approximate surface area is 204 Å². The van der Waals surface area contributed by atoms with E-state index < -0.39 is 11.9 Å². The van der Waals surface area contributed by atoms with Crippen LogP contribution in [0.25, 0.3) is 11.1 Å². The number of carboxylic acids is 1. The van der Waals surface area contributed by atoms with E-state index in [0.29, 0.717) is 18.8 Å². The van der Waals surface area contributed by atoms with Crippen LogP contribution in [0.4, 0.5) is 5.69 Å². The average Bonchev–Trinajstić information content (AvgIpc) is 2.85. The maximum absolute atomic E-state index is 13.4. The number of benzene rings is 3. The summed E-state index contributed by atoms with van der Waals surface area (Å²) >= 11 is 0. The zero-order valence-electron chi connectivity index (χ0n) is 19.9. The Balaban J connectivity index is 1.92. The van der Waals surface area contributed by atoms with Gasteiger partial charge in [-0.3, -0.25) is 9.59 Å². The van der Waals surface area contributed by atoms with Gasteiger partial charge in [0.25, 0.3) is 5.91 Å². The third-order valence-electron chi connectivity index (χ3n) is 5.35. The van der Waals surface area contributed by atoms with Crippen molar-refractivity contribution in [1.29, 1.82) is 0 Å². The predicted octanol–water partition coefficient (Wildman–Crippen LogP) is 5.59. The molecule has 3 aromatic carbocycles. The summed E-state index contributed by atoms with van der Waals surface area (Å²) in [6, 6.07) is 19.6. The van der Waals surface area contributed by atoms with Gasteiger partial charge in [-0.1, -0.05) is 55.8 Å². The van der Waals surface area contributed by atoms with Crippen LogP contribution >= 0.6 is 0 Å². The molecule has 3 aromatic rings. The molecule has 0 aliphatic heterocycles. The van der Waals surface area contributed by atoms with Gasteiger partial charge in [-0.05, 0) is 47.4 Å². The van der Waals surface area contributed by atoms with E-state index in [1.165, 1.54) is 13.0 Å². The third kappa shape index (κ3) is 7.17. The van der Waals surface area contributed by atoms with Crippen LogP contribution in [0.1, 0.15) is 53.0 Å². The first-order valence-corrected chi connectivity index (χ1v) is 11.5. The molecule has 0 aliphatic carbocycles. The molecule has 0 bridgehead atoms. The van der Waals surface area contributed by atoms with E-state index in [9.17, 15) is 19.5 Å². The number of ether oxygens (including phenoxy) is 2. The zero-order chi connectivity index (χ0) is 25.2. The highest BCUT2D eigenvalue weighted by Gasteiger charge is 2.18. The fraction of sp³-hybridized carbons (Fsp3) is 0.250. The van der Waals surface area contributed by atoms with Gasteiger partial charge in [0, 0.05) is 13.3 Å². The summed E-state index contributed by atoms with van der Waals surface area (Å²) in [6.45, 7) is 4.03. The predicted molar refractivity (Wildman–Crippen MR) is 134 cm³/mol. The summed E-state index contributed by atoms with van der Waals surface area (Å²) < 4.78 is 10.9. The number of hydrogen-bond donors (Lipinski definition) is 2. The van der Waals surface area contributed by atoms with Crippen molar-refractivity contribution in [2.45, 2.75) is 33.1 Å². The number of carbonyl (C=O) groups is 3. The van der Waals surface area contributed by atoms with Crippen molar-refractivity contribution >= 4 is 23.5 Å². The van der Waals surface area contributed by atoms with Gasteiger partial charge in [0.05, 0.1) is 30.0 Å². The topological polar surface area (TPSA) is 102 Å². The lowest BCUT2D eigenvalue weighted by Gasteiger charge is -2.15. The van der Waals surface area contributed by atoms with Crippen LogP contribution in [0.15, 0.2) is 66.7 Å². The highest BCUT2D eigenvalue weighted by molar-refractivity contribution is 6.09. The second-order valence-electron chi connectivity index (χ2n) is 8.01. The Hall–Kier alpha value is -4.13. The minimum absolute atomic E-state index is 0.0162. The number of amides is 1. The highest BCUT2D eigenvalue weighted by atomic mass is 16.5. The molecule has 1 amide bonds. The fourth-order valence-corrected chi connectivity index (χ4v) is 3.51. The molecule has 0 unspecified atom stereocenters. The van der Waals surface area contributed by atoms with E-state index in [4.69, 9.17) is 9.47 Å². The number of aromatic carboxylic acids is 1. The first-order chi connectivity index (χ1) is 16.9. The summed E-state index contributed by atoms with van der Waals surface area (Å²) in [5.74, 6) is -1.60. The normalized spacial score (nSPS) is 10.5. The van der Waals surface area contributed by atoms with Gasteiger partial charge in [-0.15, -0.1) is 0 Å². The molecule has 3 rings (SSSR count). The van der Waals surface area contributed by atoms with Crippen LogP contribution < -0.4 is 10.1 Å². The molecule has 35 heavy (non-hydrogen) atoms. The van der Waals surface area contributed by atoms with E-state index >= 15 is 0 Å². The first kappa shape index (κ1) is 25.5. The smallest absolute Gasteiger partial charge is 0.337 e. The van der Waals surface area contributed by atoms with E-state index in [2.05, 4.69) is 5.32 Å². The van der Waals surface area contributed by atoms with E-state index in [1.807, 2.05) is 43.3 Å². The quantitative estimate of drug-likeness (QED) is 0.277. The van der Waals surface area contributed by atoms with E-state index in [1.54, 1.807) is 24.3 Å². The van der Waals surface area contributed by atoms with Crippen molar-refractivity contribution < 1.29 is 29.0 Å². The molecule has 0 saturated heterocycles. The Morgan fingerprint density at radius 3 is 2.34 bits per heavy atom. The van der Waals surface area contributed by atoms with Crippen LogP contribution in [0.5, 0.6) is 5.75 Å². The monoisotopic (exact) mass is 475 g/mol. The number of unbranched alkanes of at least 4 members (excludes halogenated alkanes) is 1. The van der Waals surface area contributed by atoms with Gasteiger partial charge >= 0.3 is 11.9 Å². The van der Waals surface area contributed by atoms with Crippen molar-refractivity contribution in [3.63, 3.8) is 0 Å². The zero-order valence-corrected chi connectivity index (χ0v) is 19.9. The molecule has 0 aromatic heterocycles. The molecule has 0 spiro atoms. The first-order valence-electron chi connectivity index (χ1n) is 11.5. The van der Waals surface area contributed by atoms with Gasteiger partial charge in [0.15, 0.2) is 0 Å². The Morgan fingerprint density at radius 2 is 1.66 bits per heavy atom. The van der Waals surface area contributed by atoms with Crippen molar-refractivity contribution in [3.05, 3.63) is 83.4 Å². The van der Waals surface area contributed by atoms with Crippen molar-refractivity contribution in [1.82, 2.24) is 0 Å². The molecule has 7 nitrogen and oxygen atoms in total. The number of carboxylic acid groups (broad SMARTS) is 1. The van der Waals surface area contributed by atoms with Gasteiger partial charge in [-0.25, -0.2) is 4.79 Å². The lowest BCUT2D eigenvalue weighted by atomic mass is 10.0. The molecular weight excluding hydrogens is 446 g/mol. The molecule has 0 saturated carbocycles. The standard InChI is InChI=1S/C28H29NO6/c1-3-4-15-35-26-13-10-20(14-16-34-19(2)30)17-24(26)27(31)29-25-18-22(11-12-23(25)28(32)33)21-8-6-5-7-9-21/h5-13,17-18H,3-4,14-16H2,1-2H3,(H,29,31)(H,32,33). The van der Waals surface area contributed by atoms with Crippen LogP contribution in [-0.2, 0) is 16.0 Å². The number of nitrogens with one attached hydrogen (secondary N) is 1. The Bertz CT molecular complexity index is 1190. The minimum Gasteiger partial charge on any atom is -0.493 e. The summed E-state index contributed by atoms with van der Waals surface area (Å²) in [4.78, 5) is 36.3. The van der Waals surface area contributed by atoms with Crippen molar-refractivity contribution in [3.8, 4) is 16.9 Å². The van der Waals surface area contributed by atoms with E-state index in [-0.39, 0.29) is 29.4 Å². The fourth-order valence-electron chi connectivity index (χ4n) is 3.51. The van der Waals surface area contributed by atoms with Crippen LogP contribution in [0.3, 0.4) is 0 Å². The van der Waals surface area contributed by atoms with E-state index in [0.717, 1.165) is 29.5 Å². The molecule has 7 heteroatoms. The Morgan fingerprint density at radius 1 is 0.886 bits per heavy atom. The minimum atomic E-state index is -1.14. The van der Waals surface area contributed by atoms with Gasteiger partial charge in [-0.2, -0.15) is 0 Å². The van der Waals surface area contributed by atoms with Crippen LogP contribution in [0.2, 0.25) is 0 Å². The molecule has 2 N–H and O–H groups in total. The SMILES string of the molecule is CCCCOc1ccc(CCOC(C)=O)cc1C(=O)Nc1cc(-c2ccccc2)ccc1C(=O)O. The van der Waals surface area contributed by atoms with Crippen LogP contribution in [-0.4, -0.2) is 36.2 Å². The Kier molecular flexibility index (Phi) is 9.01. The average molecular weight is 476 g/mol. The van der Waals surface area contributed by atoms with Crippen molar-refractivity contribution in [2.75, 3.05) is 18.5 Å². The number of hydrogen-bond acceptors (Lipinski definition) is 5. The lowest BCUT2D eigenvalue weighted by Crippen LogP contribution is -2.17. The summed E-state index contributed by atoms with van der Waals surface area (Å²) in [5.41, 5.74) is 2.92. The van der Waals surface area contributed by atoms with Crippen LogP contribution in [0, 0.1) is 0 Å². The molecule has 0 heterocycles. The summed E-state index contributed by atoms with van der Waals surface area (Å²) in [6.07, 6.45) is 2.20. The largest absolute Gasteiger partial charge is 0.493 e. The second kappa shape index (κ2) is 12.4. The molecule has 0 aliphatic rings. The molecule has 0 fully saturated rings. The highest BCUT2D eigenvalue weighted by Crippen LogP contribution is 2.28. The molecule has 0 atom stereocenters. The number of esters is 1. The van der Waals surface area contributed by atoms with Gasteiger partial charge in [0.1, 0.15) is 5.75 Å². The van der Waals surface area contributed by atoms with Crippen molar-refractivity contribution in [2.24, 2.45) is 0 Å². The number of carbonyl (C=O) groups excluding carboxylic acids is 2. The number of rotatable bonds is 11. The summed E-state index contributed by atoms with van der Waals surface area (Å²) in [5, 5.41) is 12.4. The van der Waals surface area contributed by atoms with Gasteiger partial charge < -0.3 is 19.9 Å². The maximum atomic E-state index is 13.4. The maximum Gasteiger partial charge on any atom is 0.337 e. The molecular formula is C28H29NO6. The van der Waals surface area contributed by atoms with Gasteiger partial charge in [0.2, 0.25) is 0 Å².